The molecule has 94 valence electrons. The number of thioether (sulfide) groups is 1. The molecule has 0 fully saturated rings. The highest BCUT2D eigenvalue weighted by Crippen LogP contribution is 2.22. The van der Waals surface area contributed by atoms with Crippen molar-refractivity contribution in [3.63, 3.8) is 0 Å². The minimum Gasteiger partial charge on any atom is -0.398 e. The standard InChI is InChI=1S/C12H17BrN2OS/c1-7(17-3)6-15-12(16)10-4-9(13)5-11(14)8(10)2/h4-5,7H,6,14H2,1-3H3,(H,15,16). The molecular weight excluding hydrogens is 300 g/mol. The van der Waals surface area contributed by atoms with Gasteiger partial charge in [0.05, 0.1) is 0 Å². The van der Waals surface area contributed by atoms with Crippen LogP contribution in [0.5, 0.6) is 0 Å². The van der Waals surface area contributed by atoms with Gasteiger partial charge >= 0.3 is 0 Å². The Morgan fingerprint density at radius 3 is 2.82 bits per heavy atom. The Morgan fingerprint density at radius 2 is 2.24 bits per heavy atom. The van der Waals surface area contributed by atoms with Crippen molar-refractivity contribution in [3.8, 4) is 0 Å². The van der Waals surface area contributed by atoms with Gasteiger partial charge in [-0.05, 0) is 30.9 Å². The van der Waals surface area contributed by atoms with Gasteiger partial charge in [-0.15, -0.1) is 0 Å². The Labute approximate surface area is 115 Å². The van der Waals surface area contributed by atoms with Crippen molar-refractivity contribution in [2.75, 3.05) is 18.5 Å². The predicted octanol–water partition coefficient (Wildman–Crippen LogP) is 2.82. The van der Waals surface area contributed by atoms with E-state index in [-0.39, 0.29) is 5.91 Å². The van der Waals surface area contributed by atoms with Gasteiger partial charge in [0.15, 0.2) is 0 Å². The van der Waals surface area contributed by atoms with Crippen LogP contribution in [0.3, 0.4) is 0 Å². The number of carbonyl (C=O) groups excluding carboxylic acids is 1. The average Bonchev–Trinajstić information content (AvgIpc) is 2.30. The van der Waals surface area contributed by atoms with Crippen LogP contribution in [0.25, 0.3) is 0 Å². The Hall–Kier alpha value is -0.680. The molecule has 0 aliphatic heterocycles. The maximum Gasteiger partial charge on any atom is 0.251 e. The molecule has 1 unspecified atom stereocenters. The summed E-state index contributed by atoms with van der Waals surface area (Å²) in [5.41, 5.74) is 7.91. The van der Waals surface area contributed by atoms with E-state index in [0.717, 1.165) is 10.0 Å². The number of halogens is 1. The van der Waals surface area contributed by atoms with Crippen molar-refractivity contribution in [1.82, 2.24) is 5.32 Å². The molecule has 0 spiro atoms. The van der Waals surface area contributed by atoms with Gasteiger partial charge in [0.1, 0.15) is 0 Å². The fourth-order valence-corrected chi connectivity index (χ4v) is 2.08. The minimum atomic E-state index is -0.0728. The molecule has 1 aromatic rings. The van der Waals surface area contributed by atoms with Gasteiger partial charge < -0.3 is 11.1 Å². The molecule has 1 aromatic carbocycles. The molecule has 1 rings (SSSR count). The third-order valence-corrected chi connectivity index (χ3v) is 4.04. The molecule has 0 aromatic heterocycles. The summed E-state index contributed by atoms with van der Waals surface area (Å²) < 4.78 is 0.823. The lowest BCUT2D eigenvalue weighted by Gasteiger charge is -2.12. The molecule has 0 aliphatic rings. The Bertz CT molecular complexity index is 423. The maximum absolute atomic E-state index is 12.0. The summed E-state index contributed by atoms with van der Waals surface area (Å²) in [6, 6.07) is 3.60. The van der Waals surface area contributed by atoms with Crippen LogP contribution < -0.4 is 11.1 Å². The molecule has 0 radical (unpaired) electrons. The van der Waals surface area contributed by atoms with Crippen LogP contribution in [0.15, 0.2) is 16.6 Å². The number of rotatable bonds is 4. The average molecular weight is 317 g/mol. The molecular formula is C12H17BrN2OS. The smallest absolute Gasteiger partial charge is 0.251 e. The summed E-state index contributed by atoms with van der Waals surface area (Å²) >= 11 is 5.07. The zero-order chi connectivity index (χ0) is 13.0. The molecule has 0 aliphatic carbocycles. The third kappa shape index (κ3) is 3.92. The topological polar surface area (TPSA) is 55.1 Å². The highest BCUT2D eigenvalue weighted by molar-refractivity contribution is 9.10. The van der Waals surface area contributed by atoms with E-state index in [4.69, 9.17) is 5.73 Å². The number of carbonyl (C=O) groups is 1. The lowest BCUT2D eigenvalue weighted by Crippen LogP contribution is -2.30. The number of amides is 1. The van der Waals surface area contributed by atoms with Crippen LogP contribution in [0, 0.1) is 6.92 Å². The fourth-order valence-electron chi connectivity index (χ4n) is 1.35. The molecule has 0 saturated heterocycles. The van der Waals surface area contributed by atoms with Gasteiger partial charge in [-0.25, -0.2) is 0 Å². The molecule has 5 heteroatoms. The van der Waals surface area contributed by atoms with Crippen molar-refractivity contribution in [2.24, 2.45) is 0 Å². The lowest BCUT2D eigenvalue weighted by molar-refractivity contribution is 0.0953. The number of hydrogen-bond acceptors (Lipinski definition) is 3. The maximum atomic E-state index is 12.0. The summed E-state index contributed by atoms with van der Waals surface area (Å²) in [6.07, 6.45) is 2.03. The lowest BCUT2D eigenvalue weighted by atomic mass is 10.1. The van der Waals surface area contributed by atoms with E-state index in [1.165, 1.54) is 0 Å². The van der Waals surface area contributed by atoms with Crippen molar-refractivity contribution >= 4 is 39.3 Å². The van der Waals surface area contributed by atoms with Crippen LogP contribution in [0.4, 0.5) is 5.69 Å². The molecule has 3 N–H and O–H groups in total. The highest BCUT2D eigenvalue weighted by atomic mass is 79.9. The van der Waals surface area contributed by atoms with E-state index in [9.17, 15) is 4.79 Å². The normalized spacial score (nSPS) is 12.2. The molecule has 1 amide bonds. The molecule has 0 saturated carbocycles. The first kappa shape index (κ1) is 14.4. The summed E-state index contributed by atoms with van der Waals surface area (Å²) in [7, 11) is 0. The van der Waals surface area contributed by atoms with Gasteiger partial charge in [-0.1, -0.05) is 22.9 Å². The predicted molar refractivity (Wildman–Crippen MR) is 78.6 cm³/mol. The summed E-state index contributed by atoms with van der Waals surface area (Å²) in [5, 5.41) is 3.32. The van der Waals surface area contributed by atoms with Gasteiger partial charge in [0, 0.05) is 27.5 Å². The largest absolute Gasteiger partial charge is 0.398 e. The van der Waals surface area contributed by atoms with Gasteiger partial charge in [-0.3, -0.25) is 4.79 Å². The quantitative estimate of drug-likeness (QED) is 0.840. The first-order chi connectivity index (χ1) is 7.95. The van der Waals surface area contributed by atoms with Crippen molar-refractivity contribution in [1.29, 1.82) is 0 Å². The Kier molecular flexibility index (Phi) is 5.33. The molecule has 1 atom stereocenters. The Balaban J connectivity index is 2.82. The second-order valence-electron chi connectivity index (χ2n) is 3.92. The van der Waals surface area contributed by atoms with Crippen LogP contribution >= 0.6 is 27.7 Å². The van der Waals surface area contributed by atoms with Gasteiger partial charge in [0.2, 0.25) is 0 Å². The Morgan fingerprint density at radius 1 is 1.59 bits per heavy atom. The van der Waals surface area contributed by atoms with E-state index in [2.05, 4.69) is 28.2 Å². The molecule has 17 heavy (non-hydrogen) atoms. The molecule has 0 bridgehead atoms. The van der Waals surface area contributed by atoms with Crippen LogP contribution in [0.2, 0.25) is 0 Å². The summed E-state index contributed by atoms with van der Waals surface area (Å²) in [4.78, 5) is 12.0. The van der Waals surface area contributed by atoms with E-state index < -0.39 is 0 Å². The number of anilines is 1. The van der Waals surface area contributed by atoms with Crippen molar-refractivity contribution < 1.29 is 4.79 Å². The monoisotopic (exact) mass is 316 g/mol. The number of nitrogen functional groups attached to an aromatic ring is 1. The first-order valence-electron chi connectivity index (χ1n) is 5.32. The van der Waals surface area contributed by atoms with E-state index >= 15 is 0 Å². The van der Waals surface area contributed by atoms with Crippen molar-refractivity contribution in [2.45, 2.75) is 19.1 Å². The third-order valence-electron chi connectivity index (χ3n) is 2.61. The minimum absolute atomic E-state index is 0.0728. The SMILES string of the molecule is CSC(C)CNC(=O)c1cc(Br)cc(N)c1C. The second-order valence-corrected chi connectivity index (χ2v) is 6.12. The second kappa shape index (κ2) is 6.31. The van der Waals surface area contributed by atoms with Crippen LogP contribution in [-0.2, 0) is 0 Å². The van der Waals surface area contributed by atoms with Gasteiger partial charge in [0.25, 0.3) is 5.91 Å². The summed E-state index contributed by atoms with van der Waals surface area (Å²) in [6.45, 7) is 4.59. The zero-order valence-corrected chi connectivity index (χ0v) is 12.6. The summed E-state index contributed by atoms with van der Waals surface area (Å²) in [5.74, 6) is -0.0728. The number of benzene rings is 1. The van der Waals surface area contributed by atoms with E-state index in [0.29, 0.717) is 23.0 Å². The molecule has 0 heterocycles. The molecule has 3 nitrogen and oxygen atoms in total. The number of nitrogens with one attached hydrogen (secondary N) is 1. The number of nitrogens with two attached hydrogens (primary N) is 1. The first-order valence-corrected chi connectivity index (χ1v) is 7.40. The number of hydrogen-bond donors (Lipinski definition) is 2. The zero-order valence-electron chi connectivity index (χ0n) is 10.2. The van der Waals surface area contributed by atoms with Crippen molar-refractivity contribution in [3.05, 3.63) is 27.7 Å². The van der Waals surface area contributed by atoms with Crippen LogP contribution in [0.1, 0.15) is 22.8 Å². The highest BCUT2D eigenvalue weighted by Gasteiger charge is 2.12. The fraction of sp³-hybridized carbons (Fsp3) is 0.417. The van der Waals surface area contributed by atoms with Gasteiger partial charge in [-0.2, -0.15) is 11.8 Å². The van der Waals surface area contributed by atoms with E-state index in [1.54, 1.807) is 23.9 Å². The van der Waals surface area contributed by atoms with E-state index in [1.807, 2.05) is 13.2 Å². The van der Waals surface area contributed by atoms with Crippen LogP contribution in [-0.4, -0.2) is 24.0 Å².